The van der Waals surface area contributed by atoms with E-state index >= 15 is 0 Å². The van der Waals surface area contributed by atoms with Gasteiger partial charge in [-0.25, -0.2) is 17.2 Å². The number of carbonyl (C=O) groups is 1. The van der Waals surface area contributed by atoms with Gasteiger partial charge in [-0.1, -0.05) is 12.1 Å². The van der Waals surface area contributed by atoms with Crippen molar-refractivity contribution in [2.45, 2.75) is 10.8 Å². The minimum atomic E-state index is -3.80. The summed E-state index contributed by atoms with van der Waals surface area (Å²) in [5.41, 5.74) is 0.107. The molecule has 0 aliphatic carbocycles. The average Bonchev–Trinajstić information content (AvgIpc) is 3.19. The number of nitrogens with one attached hydrogen (secondary N) is 1. The zero-order chi connectivity index (χ0) is 21.2. The smallest absolute Gasteiger partial charge is 0.271 e. The summed E-state index contributed by atoms with van der Waals surface area (Å²) in [6.45, 7) is -0.142. The normalized spacial score (nSPS) is 11.3. The fraction of sp³-hybridized carbons (Fsp3) is 0.105. The molecule has 1 amide bonds. The van der Waals surface area contributed by atoms with Gasteiger partial charge in [0.1, 0.15) is 21.6 Å². The minimum absolute atomic E-state index is 0.0830. The molecule has 0 bridgehead atoms. The summed E-state index contributed by atoms with van der Waals surface area (Å²) >= 11 is 1.04. The molecule has 1 aromatic heterocycles. The van der Waals surface area contributed by atoms with Crippen LogP contribution in [0.5, 0.6) is 5.75 Å². The van der Waals surface area contributed by atoms with Gasteiger partial charge in [0, 0.05) is 31.3 Å². The first-order chi connectivity index (χ1) is 13.7. The first-order valence-corrected chi connectivity index (χ1v) is 10.6. The van der Waals surface area contributed by atoms with E-state index in [-0.39, 0.29) is 27.6 Å². The highest BCUT2D eigenvalue weighted by Crippen LogP contribution is 2.26. The van der Waals surface area contributed by atoms with Crippen LogP contribution in [0.25, 0.3) is 0 Å². The lowest BCUT2D eigenvalue weighted by molar-refractivity contribution is 0.0781. The largest absolute Gasteiger partial charge is 0.507 e. The second-order valence-corrected chi connectivity index (χ2v) is 9.02. The number of sulfonamides is 1. The Balaban J connectivity index is 1.76. The molecule has 152 valence electrons. The van der Waals surface area contributed by atoms with Crippen LogP contribution in [0.15, 0.2) is 58.1 Å². The van der Waals surface area contributed by atoms with Crippen LogP contribution in [-0.2, 0) is 16.6 Å². The van der Waals surface area contributed by atoms with Gasteiger partial charge in [-0.2, -0.15) is 0 Å². The van der Waals surface area contributed by atoms with E-state index < -0.39 is 33.3 Å². The summed E-state index contributed by atoms with van der Waals surface area (Å²) in [6.07, 6.45) is 0. The Morgan fingerprint density at radius 1 is 1.17 bits per heavy atom. The number of rotatable bonds is 6. The monoisotopic (exact) mass is 438 g/mol. The van der Waals surface area contributed by atoms with Gasteiger partial charge in [0.05, 0.1) is 11.3 Å². The Hall–Kier alpha value is -2.98. The van der Waals surface area contributed by atoms with Crippen molar-refractivity contribution in [2.75, 3.05) is 11.8 Å². The van der Waals surface area contributed by atoms with E-state index in [1.54, 1.807) is 11.4 Å². The third-order valence-corrected chi connectivity index (χ3v) is 6.79. The van der Waals surface area contributed by atoms with E-state index in [4.69, 9.17) is 0 Å². The van der Waals surface area contributed by atoms with Crippen LogP contribution >= 0.6 is 11.3 Å². The Bertz CT molecular complexity index is 1150. The molecule has 0 saturated carbocycles. The summed E-state index contributed by atoms with van der Waals surface area (Å²) in [4.78, 5) is 13.7. The molecule has 0 saturated heterocycles. The van der Waals surface area contributed by atoms with Crippen LogP contribution in [-0.4, -0.2) is 31.4 Å². The highest BCUT2D eigenvalue weighted by atomic mass is 32.2. The first-order valence-electron chi connectivity index (χ1n) is 8.26. The molecule has 0 aliphatic rings. The maximum Gasteiger partial charge on any atom is 0.271 e. The van der Waals surface area contributed by atoms with E-state index in [1.165, 1.54) is 31.3 Å². The molecular weight excluding hydrogens is 422 g/mol. The van der Waals surface area contributed by atoms with Gasteiger partial charge in [0.15, 0.2) is 0 Å². The predicted octanol–water partition coefficient (Wildman–Crippen LogP) is 3.80. The molecule has 0 atom stereocenters. The Morgan fingerprint density at radius 2 is 1.93 bits per heavy atom. The maximum atomic E-state index is 13.8. The standard InChI is InChI=1S/C19H16F2N2O4S2/c1-23(11-12-4-5-13(20)9-16(12)21)19(25)15-7-6-14(10-17(15)24)22-29(26,27)18-3-2-8-28-18/h2-10,22,24H,11H2,1H3. The zero-order valence-electron chi connectivity index (χ0n) is 15.1. The van der Waals surface area contributed by atoms with Crippen molar-refractivity contribution in [1.29, 1.82) is 0 Å². The molecule has 0 unspecified atom stereocenters. The van der Waals surface area contributed by atoms with Crippen molar-refractivity contribution < 1.29 is 27.1 Å². The number of halogens is 2. The number of anilines is 1. The zero-order valence-corrected chi connectivity index (χ0v) is 16.7. The van der Waals surface area contributed by atoms with E-state index in [9.17, 15) is 27.1 Å². The number of amides is 1. The third-order valence-electron chi connectivity index (χ3n) is 4.01. The molecule has 2 N–H and O–H groups in total. The molecule has 29 heavy (non-hydrogen) atoms. The molecular formula is C19H16F2N2O4S2. The highest BCUT2D eigenvalue weighted by Gasteiger charge is 2.20. The van der Waals surface area contributed by atoms with Gasteiger partial charge >= 0.3 is 0 Å². The summed E-state index contributed by atoms with van der Waals surface area (Å²) in [5, 5.41) is 11.8. The molecule has 3 rings (SSSR count). The van der Waals surface area contributed by atoms with E-state index in [1.807, 2.05) is 0 Å². The number of hydrogen-bond donors (Lipinski definition) is 2. The number of phenols is 1. The van der Waals surface area contributed by atoms with E-state index in [0.29, 0.717) is 0 Å². The van der Waals surface area contributed by atoms with Crippen molar-refractivity contribution in [2.24, 2.45) is 0 Å². The number of thiophene rings is 1. The highest BCUT2D eigenvalue weighted by molar-refractivity contribution is 7.94. The lowest BCUT2D eigenvalue weighted by atomic mass is 10.1. The van der Waals surface area contributed by atoms with E-state index in [2.05, 4.69) is 4.72 Å². The summed E-state index contributed by atoms with van der Waals surface area (Å²) in [6, 6.07) is 9.79. The fourth-order valence-electron chi connectivity index (χ4n) is 2.58. The second kappa shape index (κ2) is 8.18. The molecule has 0 radical (unpaired) electrons. The maximum absolute atomic E-state index is 13.8. The number of phenolic OH excluding ortho intramolecular Hbond substituents is 1. The van der Waals surface area contributed by atoms with Gasteiger partial charge in [0.2, 0.25) is 0 Å². The van der Waals surface area contributed by atoms with Gasteiger partial charge in [-0.3, -0.25) is 9.52 Å². The molecule has 0 spiro atoms. The van der Waals surface area contributed by atoms with Crippen LogP contribution in [0.2, 0.25) is 0 Å². The average molecular weight is 438 g/mol. The Labute approximate surface area is 170 Å². The van der Waals surface area contributed by atoms with Crippen LogP contribution in [0.1, 0.15) is 15.9 Å². The summed E-state index contributed by atoms with van der Waals surface area (Å²) < 4.78 is 53.7. The number of aromatic hydroxyl groups is 1. The van der Waals surface area contributed by atoms with Crippen molar-refractivity contribution in [3.63, 3.8) is 0 Å². The van der Waals surface area contributed by atoms with E-state index in [0.717, 1.165) is 34.4 Å². The first kappa shape index (κ1) is 20.7. The van der Waals surface area contributed by atoms with Gasteiger partial charge in [-0.15, -0.1) is 11.3 Å². The lowest BCUT2D eigenvalue weighted by Crippen LogP contribution is -2.26. The van der Waals surface area contributed by atoms with Crippen LogP contribution in [0.3, 0.4) is 0 Å². The number of carbonyl (C=O) groups excluding carboxylic acids is 1. The van der Waals surface area contributed by atoms with Crippen molar-refractivity contribution >= 4 is 33.0 Å². The Kier molecular flexibility index (Phi) is 5.85. The molecule has 0 fully saturated rings. The van der Waals surface area contributed by atoms with Crippen LogP contribution < -0.4 is 4.72 Å². The summed E-state index contributed by atoms with van der Waals surface area (Å²) in [7, 11) is -2.39. The molecule has 3 aromatic rings. The predicted molar refractivity (Wildman–Crippen MR) is 105 cm³/mol. The second-order valence-electron chi connectivity index (χ2n) is 6.17. The topological polar surface area (TPSA) is 86.7 Å². The minimum Gasteiger partial charge on any atom is -0.507 e. The van der Waals surface area contributed by atoms with Gasteiger partial charge in [-0.05, 0) is 29.6 Å². The van der Waals surface area contributed by atoms with Crippen molar-refractivity contribution in [3.8, 4) is 5.75 Å². The molecule has 0 aliphatic heterocycles. The Morgan fingerprint density at radius 3 is 2.55 bits per heavy atom. The number of nitrogens with zero attached hydrogens (tertiary/aromatic N) is 1. The number of hydrogen-bond acceptors (Lipinski definition) is 5. The SMILES string of the molecule is CN(Cc1ccc(F)cc1F)C(=O)c1ccc(NS(=O)(=O)c2cccs2)cc1O. The van der Waals surface area contributed by atoms with Crippen molar-refractivity contribution in [1.82, 2.24) is 4.90 Å². The van der Waals surface area contributed by atoms with Gasteiger partial charge < -0.3 is 10.0 Å². The quantitative estimate of drug-likeness (QED) is 0.613. The summed E-state index contributed by atoms with van der Waals surface area (Å²) in [5.74, 6) is -2.56. The molecule has 1 heterocycles. The molecule has 10 heteroatoms. The molecule has 2 aromatic carbocycles. The van der Waals surface area contributed by atoms with Crippen LogP contribution in [0, 0.1) is 11.6 Å². The lowest BCUT2D eigenvalue weighted by Gasteiger charge is -2.19. The van der Waals surface area contributed by atoms with Crippen molar-refractivity contribution in [3.05, 3.63) is 76.7 Å². The molecule has 6 nitrogen and oxygen atoms in total. The fourth-order valence-corrected chi connectivity index (χ4v) is 4.62. The van der Waals surface area contributed by atoms with Gasteiger partial charge in [0.25, 0.3) is 15.9 Å². The number of benzene rings is 2. The van der Waals surface area contributed by atoms with Crippen LogP contribution in [0.4, 0.5) is 14.5 Å². The third kappa shape index (κ3) is 4.72.